The second-order valence-corrected chi connectivity index (χ2v) is 1.39. The van der Waals surface area contributed by atoms with Crippen LogP contribution in [-0.4, -0.2) is 12.0 Å². The Morgan fingerprint density at radius 2 is 2.71 bits per heavy atom. The van der Waals surface area contributed by atoms with Crippen LogP contribution in [0.5, 0.6) is 0 Å². The van der Waals surface area contributed by atoms with Crippen molar-refractivity contribution in [2.24, 2.45) is 4.99 Å². The van der Waals surface area contributed by atoms with E-state index in [-0.39, 0.29) is 5.78 Å². The third-order valence-electron chi connectivity index (χ3n) is 0.781. The summed E-state index contributed by atoms with van der Waals surface area (Å²) in [7, 11) is 0. The molecule has 0 atom stereocenters. The Kier molecular flexibility index (Phi) is 1.20. The lowest BCUT2D eigenvalue weighted by atomic mass is 10.2. The summed E-state index contributed by atoms with van der Waals surface area (Å²) in [6.07, 6.45) is 3.07. The van der Waals surface area contributed by atoms with Gasteiger partial charge in [-0.25, -0.2) is 0 Å². The molecule has 1 aliphatic rings. The van der Waals surface area contributed by atoms with Crippen molar-refractivity contribution in [1.82, 2.24) is 0 Å². The first-order valence-electron chi connectivity index (χ1n) is 2.20. The number of nitrogens with zero attached hydrogens (tertiary/aromatic N) is 1. The summed E-state index contributed by atoms with van der Waals surface area (Å²) in [4.78, 5) is 13.8. The van der Waals surface area contributed by atoms with Crippen LogP contribution in [0.25, 0.3) is 0 Å². The van der Waals surface area contributed by atoms with Crippen LogP contribution in [0.1, 0.15) is 12.8 Å². The second kappa shape index (κ2) is 1.87. The second-order valence-electron chi connectivity index (χ2n) is 1.39. The first-order chi connectivity index (χ1) is 3.39. The van der Waals surface area contributed by atoms with E-state index in [1.165, 1.54) is 0 Å². The number of rotatable bonds is 0. The molecule has 2 heteroatoms. The molecule has 1 aliphatic heterocycles. The van der Waals surface area contributed by atoms with Crippen LogP contribution < -0.4 is 0 Å². The summed E-state index contributed by atoms with van der Waals surface area (Å²) in [5.74, 6) is 0.0162. The van der Waals surface area contributed by atoms with E-state index in [4.69, 9.17) is 0 Å². The van der Waals surface area contributed by atoms with Crippen molar-refractivity contribution in [2.45, 2.75) is 12.8 Å². The number of hydrogen-bond donors (Lipinski definition) is 0. The molecule has 0 N–H and O–H groups in total. The van der Waals surface area contributed by atoms with E-state index < -0.39 is 0 Å². The minimum Gasteiger partial charge on any atom is -0.297 e. The molecule has 0 bridgehead atoms. The SMILES string of the molecule is O=C1[C]N=CCC1. The Labute approximate surface area is 42.3 Å². The predicted molar refractivity (Wildman–Crippen MR) is 26.0 cm³/mol. The van der Waals surface area contributed by atoms with Crippen molar-refractivity contribution in [3.05, 3.63) is 6.54 Å². The molecule has 36 valence electrons. The number of carbonyl (C=O) groups excluding carboxylic acids is 1. The Morgan fingerprint density at radius 3 is 3.00 bits per heavy atom. The quantitative estimate of drug-likeness (QED) is 0.429. The van der Waals surface area contributed by atoms with E-state index in [1.807, 2.05) is 0 Å². The minimum absolute atomic E-state index is 0.0162. The Hall–Kier alpha value is -0.660. The molecule has 1 rings (SSSR count). The van der Waals surface area contributed by atoms with Crippen LogP contribution in [0.4, 0.5) is 0 Å². The van der Waals surface area contributed by atoms with Gasteiger partial charge in [-0.2, -0.15) is 0 Å². The molecular formula is C5H5NO. The zero-order valence-corrected chi connectivity index (χ0v) is 3.85. The molecule has 0 aromatic heterocycles. The fourth-order valence-corrected chi connectivity index (χ4v) is 0.434. The number of carbonyl (C=O) groups is 1. The average molecular weight is 95.1 g/mol. The standard InChI is InChI=1S/C5H5NO/c7-5-2-1-3-6-4-5/h3H,1-2H2. The maximum atomic E-state index is 10.2. The average Bonchev–Trinajstić information content (AvgIpc) is 1.69. The molecule has 0 saturated carbocycles. The molecule has 0 aromatic rings. The van der Waals surface area contributed by atoms with E-state index in [0.29, 0.717) is 6.42 Å². The minimum atomic E-state index is 0.0162. The number of ketones is 1. The van der Waals surface area contributed by atoms with Gasteiger partial charge in [-0.3, -0.25) is 9.79 Å². The highest BCUT2D eigenvalue weighted by atomic mass is 16.1. The zero-order chi connectivity index (χ0) is 5.11. The van der Waals surface area contributed by atoms with Crippen molar-refractivity contribution < 1.29 is 4.79 Å². The highest BCUT2D eigenvalue weighted by Crippen LogP contribution is 1.98. The monoisotopic (exact) mass is 95.0 g/mol. The lowest BCUT2D eigenvalue weighted by Crippen LogP contribution is -2.01. The van der Waals surface area contributed by atoms with E-state index in [2.05, 4.69) is 11.5 Å². The van der Waals surface area contributed by atoms with Crippen molar-refractivity contribution >= 4 is 12.0 Å². The Bertz CT molecular complexity index is 107. The molecule has 0 aliphatic carbocycles. The molecule has 0 fully saturated rings. The zero-order valence-electron chi connectivity index (χ0n) is 3.85. The van der Waals surface area contributed by atoms with E-state index >= 15 is 0 Å². The molecular weight excluding hydrogens is 90.1 g/mol. The van der Waals surface area contributed by atoms with Gasteiger partial charge < -0.3 is 0 Å². The van der Waals surface area contributed by atoms with Crippen molar-refractivity contribution in [3.63, 3.8) is 0 Å². The summed E-state index contributed by atoms with van der Waals surface area (Å²) in [6.45, 7) is 2.31. The third kappa shape index (κ3) is 1.11. The Balaban J connectivity index is 2.47. The third-order valence-corrected chi connectivity index (χ3v) is 0.781. The maximum Gasteiger partial charge on any atom is 0.188 e. The van der Waals surface area contributed by atoms with E-state index in [1.54, 1.807) is 6.21 Å². The smallest absolute Gasteiger partial charge is 0.188 e. The van der Waals surface area contributed by atoms with Crippen LogP contribution in [0.15, 0.2) is 4.99 Å². The van der Waals surface area contributed by atoms with Crippen molar-refractivity contribution in [3.8, 4) is 0 Å². The van der Waals surface area contributed by atoms with Gasteiger partial charge in [0, 0.05) is 12.6 Å². The van der Waals surface area contributed by atoms with Gasteiger partial charge in [0.15, 0.2) is 12.3 Å². The largest absolute Gasteiger partial charge is 0.297 e. The molecule has 2 radical (unpaired) electrons. The highest BCUT2D eigenvalue weighted by molar-refractivity contribution is 5.91. The molecule has 0 aromatic carbocycles. The van der Waals surface area contributed by atoms with E-state index in [9.17, 15) is 4.79 Å². The normalized spacial score (nSPS) is 20.3. The van der Waals surface area contributed by atoms with Gasteiger partial charge in [-0.05, 0) is 6.42 Å². The van der Waals surface area contributed by atoms with Gasteiger partial charge in [0.05, 0.1) is 0 Å². The fourth-order valence-electron chi connectivity index (χ4n) is 0.434. The number of aliphatic imine (C=N–C) groups is 1. The summed E-state index contributed by atoms with van der Waals surface area (Å²) in [6, 6.07) is 0. The van der Waals surface area contributed by atoms with Crippen LogP contribution in [-0.2, 0) is 4.79 Å². The van der Waals surface area contributed by atoms with Gasteiger partial charge in [0.2, 0.25) is 0 Å². The van der Waals surface area contributed by atoms with Crippen LogP contribution in [0, 0.1) is 6.54 Å². The molecule has 0 saturated heterocycles. The van der Waals surface area contributed by atoms with Crippen LogP contribution in [0.2, 0.25) is 0 Å². The first-order valence-corrected chi connectivity index (χ1v) is 2.20. The molecule has 0 unspecified atom stereocenters. The first kappa shape index (κ1) is 4.50. The number of hydrogen-bond acceptors (Lipinski definition) is 2. The lowest BCUT2D eigenvalue weighted by molar-refractivity contribution is -0.115. The molecule has 0 spiro atoms. The maximum absolute atomic E-state index is 10.2. The van der Waals surface area contributed by atoms with Gasteiger partial charge in [0.25, 0.3) is 0 Å². The van der Waals surface area contributed by atoms with Gasteiger partial charge in [-0.1, -0.05) is 0 Å². The van der Waals surface area contributed by atoms with Crippen molar-refractivity contribution in [2.75, 3.05) is 0 Å². The van der Waals surface area contributed by atoms with Crippen LogP contribution in [0.3, 0.4) is 0 Å². The Morgan fingerprint density at radius 1 is 1.86 bits per heavy atom. The summed E-state index contributed by atoms with van der Waals surface area (Å²) in [5.41, 5.74) is 0. The molecule has 1 heterocycles. The van der Waals surface area contributed by atoms with Crippen molar-refractivity contribution in [1.29, 1.82) is 0 Å². The summed E-state index contributed by atoms with van der Waals surface area (Å²) >= 11 is 0. The van der Waals surface area contributed by atoms with Gasteiger partial charge in [-0.15, -0.1) is 0 Å². The highest BCUT2D eigenvalue weighted by Gasteiger charge is 2.03. The summed E-state index contributed by atoms with van der Waals surface area (Å²) in [5, 5.41) is 0. The molecule has 0 amide bonds. The van der Waals surface area contributed by atoms with Gasteiger partial charge >= 0.3 is 0 Å². The molecule has 7 heavy (non-hydrogen) atoms. The van der Waals surface area contributed by atoms with E-state index in [0.717, 1.165) is 6.42 Å². The topological polar surface area (TPSA) is 29.4 Å². The lowest BCUT2D eigenvalue weighted by Gasteiger charge is -1.95. The summed E-state index contributed by atoms with van der Waals surface area (Å²) < 4.78 is 0. The van der Waals surface area contributed by atoms with Gasteiger partial charge in [0.1, 0.15) is 0 Å². The predicted octanol–water partition coefficient (Wildman–Crippen LogP) is 0.459. The molecule has 2 nitrogen and oxygen atoms in total. The number of Topliss-reactive ketones (excluding diaryl/α,β-unsaturated/α-hetero) is 1. The van der Waals surface area contributed by atoms with Crippen LogP contribution >= 0.6 is 0 Å². The fraction of sp³-hybridized carbons (Fsp3) is 0.400.